The van der Waals surface area contributed by atoms with Gasteiger partial charge in [0, 0.05) is 19.0 Å². The molecule has 0 spiro atoms. The van der Waals surface area contributed by atoms with Gasteiger partial charge in [-0.25, -0.2) is 0 Å². The van der Waals surface area contributed by atoms with Crippen molar-refractivity contribution in [3.05, 3.63) is 83.4 Å². The monoisotopic (exact) mass is 335 g/mol. The van der Waals surface area contributed by atoms with Crippen LogP contribution in [0.2, 0.25) is 0 Å². The number of rotatable bonds is 6. The molecule has 1 aliphatic heterocycles. The van der Waals surface area contributed by atoms with E-state index in [2.05, 4.69) is 71.6 Å². The Morgan fingerprint density at radius 1 is 1.04 bits per heavy atom. The van der Waals surface area contributed by atoms with Crippen LogP contribution in [0.15, 0.2) is 72.3 Å². The number of nitrogens with zero attached hydrogens (tertiary/aromatic N) is 1. The Kier molecular flexibility index (Phi) is 6.02. The Morgan fingerprint density at radius 3 is 2.12 bits per heavy atom. The molecule has 0 aromatic heterocycles. The molecule has 2 aromatic carbocycles. The molecule has 0 atom stereocenters. The molecule has 0 saturated heterocycles. The normalized spacial score (nSPS) is 15.0. The second-order valence-electron chi connectivity index (χ2n) is 6.32. The number of carbonyl (C=O) groups excluding carboxylic acids is 1. The maximum absolute atomic E-state index is 11.7. The maximum atomic E-state index is 11.7. The molecule has 3 heteroatoms. The summed E-state index contributed by atoms with van der Waals surface area (Å²) >= 11 is 0. The van der Waals surface area contributed by atoms with Gasteiger partial charge in [0.05, 0.1) is 13.2 Å². The van der Waals surface area contributed by atoms with Crippen LogP contribution in [0.3, 0.4) is 0 Å². The molecule has 0 unspecified atom stereocenters. The predicted molar refractivity (Wildman–Crippen MR) is 101 cm³/mol. The molecule has 0 saturated carbocycles. The van der Waals surface area contributed by atoms with Gasteiger partial charge in [-0.05, 0) is 24.5 Å². The minimum atomic E-state index is -0.137. The molecule has 1 aliphatic rings. The van der Waals surface area contributed by atoms with Crippen molar-refractivity contribution in [1.29, 1.82) is 0 Å². The van der Waals surface area contributed by atoms with Gasteiger partial charge in [-0.3, -0.25) is 9.69 Å². The van der Waals surface area contributed by atoms with Crippen molar-refractivity contribution >= 4 is 5.97 Å². The third-order valence-electron chi connectivity index (χ3n) is 4.62. The molecule has 2 aromatic rings. The quantitative estimate of drug-likeness (QED) is 0.590. The van der Waals surface area contributed by atoms with Crippen molar-refractivity contribution in [3.8, 4) is 0 Å². The highest BCUT2D eigenvalue weighted by Gasteiger charge is 2.23. The van der Waals surface area contributed by atoms with Crippen molar-refractivity contribution in [1.82, 2.24) is 4.90 Å². The van der Waals surface area contributed by atoms with E-state index >= 15 is 0 Å². The predicted octanol–water partition coefficient (Wildman–Crippen LogP) is 4.01. The van der Waals surface area contributed by atoms with Crippen molar-refractivity contribution in [2.24, 2.45) is 0 Å². The van der Waals surface area contributed by atoms with Crippen LogP contribution in [-0.2, 0) is 9.53 Å². The Bertz CT molecular complexity index is 670. The lowest BCUT2D eigenvalue weighted by Gasteiger charge is -2.30. The van der Waals surface area contributed by atoms with E-state index in [4.69, 9.17) is 4.74 Å². The standard InChI is InChI=1S/C22H25NO2/c1-2-25-21(24)17-23-15-13-20(14-16-23)22(18-9-5-3-6-10-18)19-11-7-4-8-12-19/h3-13,22H,2,14-17H2,1H3. The molecule has 0 radical (unpaired) electrons. The Morgan fingerprint density at radius 2 is 1.64 bits per heavy atom. The minimum absolute atomic E-state index is 0.137. The SMILES string of the molecule is CCOC(=O)CN1CC=C(C(c2ccccc2)c2ccccc2)CC1. The summed E-state index contributed by atoms with van der Waals surface area (Å²) in [7, 11) is 0. The van der Waals surface area contributed by atoms with E-state index in [1.54, 1.807) is 0 Å². The van der Waals surface area contributed by atoms with Gasteiger partial charge in [-0.2, -0.15) is 0 Å². The van der Waals surface area contributed by atoms with Crippen LogP contribution < -0.4 is 0 Å². The number of esters is 1. The first-order valence-electron chi connectivity index (χ1n) is 8.94. The number of ether oxygens (including phenoxy) is 1. The molecule has 130 valence electrons. The zero-order valence-corrected chi connectivity index (χ0v) is 14.7. The average Bonchev–Trinajstić information content (AvgIpc) is 2.65. The van der Waals surface area contributed by atoms with Crippen molar-refractivity contribution < 1.29 is 9.53 Å². The van der Waals surface area contributed by atoms with Crippen molar-refractivity contribution in [3.63, 3.8) is 0 Å². The number of carbonyl (C=O) groups is 1. The van der Waals surface area contributed by atoms with Crippen molar-refractivity contribution in [2.45, 2.75) is 19.3 Å². The summed E-state index contributed by atoms with van der Waals surface area (Å²) < 4.78 is 5.06. The van der Waals surface area contributed by atoms with Crippen LogP contribution in [0.5, 0.6) is 0 Å². The van der Waals surface area contributed by atoms with Gasteiger partial charge in [0.2, 0.25) is 0 Å². The molecular formula is C22H25NO2. The van der Waals surface area contributed by atoms with Gasteiger partial charge >= 0.3 is 5.97 Å². The first-order valence-corrected chi connectivity index (χ1v) is 8.94. The van der Waals surface area contributed by atoms with E-state index in [1.165, 1.54) is 16.7 Å². The molecule has 0 fully saturated rings. The summed E-state index contributed by atoms with van der Waals surface area (Å²) in [5, 5.41) is 0. The lowest BCUT2D eigenvalue weighted by Crippen LogP contribution is -2.35. The Balaban J connectivity index is 1.79. The molecule has 0 N–H and O–H groups in total. The third-order valence-corrected chi connectivity index (χ3v) is 4.62. The summed E-state index contributed by atoms with van der Waals surface area (Å²) in [6.45, 7) is 4.35. The number of hydrogen-bond acceptors (Lipinski definition) is 3. The van der Waals surface area contributed by atoms with Crippen LogP contribution >= 0.6 is 0 Å². The minimum Gasteiger partial charge on any atom is -0.465 e. The lowest BCUT2D eigenvalue weighted by atomic mass is 9.82. The maximum Gasteiger partial charge on any atom is 0.320 e. The molecule has 3 nitrogen and oxygen atoms in total. The van der Waals surface area contributed by atoms with Crippen LogP contribution in [0.4, 0.5) is 0 Å². The van der Waals surface area contributed by atoms with Gasteiger partial charge in [0.1, 0.15) is 0 Å². The van der Waals surface area contributed by atoms with E-state index in [0.717, 1.165) is 19.5 Å². The van der Waals surface area contributed by atoms with E-state index in [-0.39, 0.29) is 11.9 Å². The lowest BCUT2D eigenvalue weighted by molar-refractivity contribution is -0.144. The molecule has 3 rings (SSSR count). The fourth-order valence-electron chi connectivity index (χ4n) is 3.43. The van der Waals surface area contributed by atoms with Crippen LogP contribution in [0, 0.1) is 0 Å². The average molecular weight is 335 g/mol. The van der Waals surface area contributed by atoms with Crippen LogP contribution in [-0.4, -0.2) is 37.1 Å². The second kappa shape index (κ2) is 8.63. The smallest absolute Gasteiger partial charge is 0.320 e. The molecule has 25 heavy (non-hydrogen) atoms. The third kappa shape index (κ3) is 4.58. The Hall–Kier alpha value is -2.39. The topological polar surface area (TPSA) is 29.5 Å². The first-order chi connectivity index (χ1) is 12.3. The zero-order chi connectivity index (χ0) is 17.5. The van der Waals surface area contributed by atoms with E-state index in [1.807, 2.05) is 6.92 Å². The zero-order valence-electron chi connectivity index (χ0n) is 14.7. The summed E-state index contributed by atoms with van der Waals surface area (Å²) in [5.41, 5.74) is 4.06. The summed E-state index contributed by atoms with van der Waals surface area (Å²) in [4.78, 5) is 13.8. The van der Waals surface area contributed by atoms with Crippen molar-refractivity contribution in [2.75, 3.05) is 26.2 Å². The van der Waals surface area contributed by atoms with Crippen LogP contribution in [0.25, 0.3) is 0 Å². The van der Waals surface area contributed by atoms with Gasteiger partial charge in [0.25, 0.3) is 0 Å². The highest BCUT2D eigenvalue weighted by Crippen LogP contribution is 2.34. The van der Waals surface area contributed by atoms with Gasteiger partial charge in [0.15, 0.2) is 0 Å². The molecule has 0 bridgehead atoms. The van der Waals surface area contributed by atoms with Gasteiger partial charge in [-0.1, -0.05) is 72.3 Å². The summed E-state index contributed by atoms with van der Waals surface area (Å²) in [5.74, 6) is 0.147. The first kappa shape index (κ1) is 17.4. The van der Waals surface area contributed by atoms with E-state index in [9.17, 15) is 4.79 Å². The summed E-state index contributed by atoms with van der Waals surface area (Å²) in [6, 6.07) is 21.3. The van der Waals surface area contributed by atoms with E-state index in [0.29, 0.717) is 13.2 Å². The number of benzene rings is 2. The van der Waals surface area contributed by atoms with Gasteiger partial charge in [-0.15, -0.1) is 0 Å². The molecule has 0 amide bonds. The number of hydrogen-bond donors (Lipinski definition) is 0. The fourth-order valence-corrected chi connectivity index (χ4v) is 3.43. The van der Waals surface area contributed by atoms with Crippen LogP contribution in [0.1, 0.15) is 30.4 Å². The fraction of sp³-hybridized carbons (Fsp3) is 0.318. The highest BCUT2D eigenvalue weighted by molar-refractivity contribution is 5.71. The second-order valence-corrected chi connectivity index (χ2v) is 6.32. The largest absolute Gasteiger partial charge is 0.465 e. The van der Waals surface area contributed by atoms with Gasteiger partial charge < -0.3 is 4.74 Å². The molecule has 0 aliphatic carbocycles. The summed E-state index contributed by atoms with van der Waals surface area (Å²) in [6.07, 6.45) is 3.25. The Labute approximate surface area is 149 Å². The molecule has 1 heterocycles. The highest BCUT2D eigenvalue weighted by atomic mass is 16.5. The molecular weight excluding hydrogens is 310 g/mol. The van der Waals surface area contributed by atoms with E-state index < -0.39 is 0 Å².